The van der Waals surface area contributed by atoms with Crippen LogP contribution in [0, 0.1) is 11.6 Å². The summed E-state index contributed by atoms with van der Waals surface area (Å²) in [6.07, 6.45) is 0.737. The molecule has 2 aromatic carbocycles. The van der Waals surface area contributed by atoms with Gasteiger partial charge in [-0.05, 0) is 35.2 Å². The molecule has 0 aliphatic heterocycles. The maximum Gasteiger partial charge on any atom is 0.253 e. The summed E-state index contributed by atoms with van der Waals surface area (Å²) in [7, 11) is 0. The number of benzene rings is 2. The summed E-state index contributed by atoms with van der Waals surface area (Å²) in [6.45, 7) is 4.43. The Hall–Kier alpha value is -3.28. The van der Waals surface area contributed by atoms with E-state index in [2.05, 4.69) is 5.32 Å². The van der Waals surface area contributed by atoms with Crippen LogP contribution < -0.4 is 5.32 Å². The van der Waals surface area contributed by atoms with E-state index in [9.17, 15) is 18.4 Å². The van der Waals surface area contributed by atoms with E-state index in [-0.39, 0.29) is 18.4 Å². The zero-order chi connectivity index (χ0) is 21.0. The second-order valence-corrected chi connectivity index (χ2v) is 7.14. The van der Waals surface area contributed by atoms with Crippen LogP contribution in [0.15, 0.2) is 54.6 Å². The standard InChI is InChI=1S/C23H22F2N2O2/c1-15(2)22-19(23(29)26-12-17-8-9-20(24)21(25)10-17)11-18(14-28)27(22)13-16-6-4-3-5-7-16/h3-11,14-15H,12-13H2,1-2H3,(H,26,29). The summed E-state index contributed by atoms with van der Waals surface area (Å²) >= 11 is 0. The Labute approximate surface area is 168 Å². The van der Waals surface area contributed by atoms with E-state index in [0.717, 1.165) is 29.7 Å². The molecule has 0 saturated carbocycles. The average Bonchev–Trinajstić information content (AvgIpc) is 3.08. The monoisotopic (exact) mass is 396 g/mol. The van der Waals surface area contributed by atoms with Crippen LogP contribution in [0.2, 0.25) is 0 Å². The topological polar surface area (TPSA) is 51.1 Å². The number of aldehydes is 1. The van der Waals surface area contributed by atoms with Crippen molar-refractivity contribution in [3.05, 3.63) is 94.3 Å². The third kappa shape index (κ3) is 4.59. The van der Waals surface area contributed by atoms with Gasteiger partial charge >= 0.3 is 0 Å². The Morgan fingerprint density at radius 2 is 1.76 bits per heavy atom. The molecule has 0 aliphatic rings. The third-order valence-corrected chi connectivity index (χ3v) is 4.70. The summed E-state index contributed by atoms with van der Waals surface area (Å²) in [5, 5.41) is 2.73. The van der Waals surface area contributed by atoms with Crippen molar-refractivity contribution >= 4 is 12.2 Å². The predicted octanol–water partition coefficient (Wildman–Crippen LogP) is 4.68. The van der Waals surface area contributed by atoms with Gasteiger partial charge in [0.05, 0.1) is 11.3 Å². The van der Waals surface area contributed by atoms with E-state index in [0.29, 0.717) is 23.4 Å². The van der Waals surface area contributed by atoms with Gasteiger partial charge in [0, 0.05) is 18.8 Å². The van der Waals surface area contributed by atoms with Crippen LogP contribution >= 0.6 is 0 Å². The first-order valence-electron chi connectivity index (χ1n) is 9.35. The molecule has 0 radical (unpaired) electrons. The first-order valence-corrected chi connectivity index (χ1v) is 9.35. The minimum Gasteiger partial charge on any atom is -0.348 e. The van der Waals surface area contributed by atoms with Gasteiger partial charge in [-0.1, -0.05) is 50.2 Å². The molecule has 29 heavy (non-hydrogen) atoms. The van der Waals surface area contributed by atoms with Gasteiger partial charge in [-0.2, -0.15) is 0 Å². The first kappa shape index (κ1) is 20.5. The number of rotatable bonds is 7. The summed E-state index contributed by atoms with van der Waals surface area (Å²) in [5.74, 6) is -2.27. The lowest BCUT2D eigenvalue weighted by Crippen LogP contribution is -2.24. The summed E-state index contributed by atoms with van der Waals surface area (Å²) in [6, 6.07) is 14.7. The van der Waals surface area contributed by atoms with Gasteiger partial charge in [0.1, 0.15) is 0 Å². The number of amides is 1. The van der Waals surface area contributed by atoms with Gasteiger partial charge in [0.15, 0.2) is 17.9 Å². The molecule has 0 atom stereocenters. The minimum atomic E-state index is -0.961. The van der Waals surface area contributed by atoms with Gasteiger partial charge < -0.3 is 9.88 Å². The molecular weight excluding hydrogens is 374 g/mol. The van der Waals surface area contributed by atoms with Crippen molar-refractivity contribution < 1.29 is 18.4 Å². The Balaban J connectivity index is 1.88. The van der Waals surface area contributed by atoms with Gasteiger partial charge in [-0.3, -0.25) is 9.59 Å². The normalized spacial score (nSPS) is 10.9. The lowest BCUT2D eigenvalue weighted by molar-refractivity contribution is 0.0949. The number of hydrogen-bond acceptors (Lipinski definition) is 2. The van der Waals surface area contributed by atoms with Crippen molar-refractivity contribution in [2.45, 2.75) is 32.9 Å². The predicted molar refractivity (Wildman–Crippen MR) is 107 cm³/mol. The Bertz CT molecular complexity index is 1030. The van der Waals surface area contributed by atoms with Crippen molar-refractivity contribution in [3.8, 4) is 0 Å². The van der Waals surface area contributed by atoms with Crippen LogP contribution in [0.5, 0.6) is 0 Å². The highest BCUT2D eigenvalue weighted by Crippen LogP contribution is 2.25. The number of hydrogen-bond donors (Lipinski definition) is 1. The Morgan fingerprint density at radius 1 is 1.03 bits per heavy atom. The molecule has 4 nitrogen and oxygen atoms in total. The quantitative estimate of drug-likeness (QED) is 0.590. The molecule has 1 amide bonds. The molecule has 0 spiro atoms. The molecule has 1 aromatic heterocycles. The van der Waals surface area contributed by atoms with E-state index in [4.69, 9.17) is 0 Å². The first-order chi connectivity index (χ1) is 13.9. The highest BCUT2D eigenvalue weighted by molar-refractivity contribution is 5.97. The van der Waals surface area contributed by atoms with E-state index in [1.54, 1.807) is 6.07 Å². The van der Waals surface area contributed by atoms with E-state index in [1.165, 1.54) is 6.07 Å². The molecule has 0 aliphatic carbocycles. The number of nitrogens with one attached hydrogen (secondary N) is 1. The molecule has 0 unspecified atom stereocenters. The molecule has 0 bridgehead atoms. The largest absolute Gasteiger partial charge is 0.348 e. The van der Waals surface area contributed by atoms with E-state index < -0.39 is 11.6 Å². The molecule has 150 valence electrons. The summed E-state index contributed by atoms with van der Waals surface area (Å²) in [4.78, 5) is 24.5. The maximum absolute atomic E-state index is 13.4. The maximum atomic E-state index is 13.4. The van der Waals surface area contributed by atoms with E-state index >= 15 is 0 Å². The highest BCUT2D eigenvalue weighted by Gasteiger charge is 2.22. The third-order valence-electron chi connectivity index (χ3n) is 4.70. The fourth-order valence-electron chi connectivity index (χ4n) is 3.36. The van der Waals surface area contributed by atoms with Gasteiger partial charge in [0.25, 0.3) is 5.91 Å². The van der Waals surface area contributed by atoms with Gasteiger partial charge in [-0.25, -0.2) is 8.78 Å². The van der Waals surface area contributed by atoms with Crippen molar-refractivity contribution in [1.82, 2.24) is 9.88 Å². The summed E-state index contributed by atoms with van der Waals surface area (Å²) in [5.41, 5.74) is 3.03. The summed E-state index contributed by atoms with van der Waals surface area (Å²) < 4.78 is 28.3. The molecule has 3 rings (SSSR count). The van der Waals surface area contributed by atoms with Gasteiger partial charge in [0.2, 0.25) is 0 Å². The molecule has 3 aromatic rings. The number of carbonyl (C=O) groups is 2. The SMILES string of the molecule is CC(C)c1c(C(=O)NCc2ccc(F)c(F)c2)cc(C=O)n1Cc1ccccc1. The lowest BCUT2D eigenvalue weighted by atomic mass is 10.0. The van der Waals surface area contributed by atoms with Crippen LogP contribution in [0.25, 0.3) is 0 Å². The molecule has 1 heterocycles. The molecule has 0 saturated heterocycles. The zero-order valence-electron chi connectivity index (χ0n) is 16.3. The smallest absolute Gasteiger partial charge is 0.253 e. The van der Waals surface area contributed by atoms with Gasteiger partial charge in [-0.15, -0.1) is 0 Å². The Kier molecular flexibility index (Phi) is 6.22. The molecule has 0 fully saturated rings. The van der Waals surface area contributed by atoms with Crippen LogP contribution in [0.1, 0.15) is 57.4 Å². The fraction of sp³-hybridized carbons (Fsp3) is 0.217. The Morgan fingerprint density at radius 3 is 2.38 bits per heavy atom. The van der Waals surface area contributed by atoms with Crippen molar-refractivity contribution in [3.63, 3.8) is 0 Å². The number of aromatic nitrogens is 1. The fourth-order valence-corrected chi connectivity index (χ4v) is 3.36. The number of halogens is 2. The number of carbonyl (C=O) groups excluding carboxylic acids is 2. The van der Waals surface area contributed by atoms with Crippen molar-refractivity contribution in [2.75, 3.05) is 0 Å². The second kappa shape index (κ2) is 8.82. The number of nitrogens with zero attached hydrogens (tertiary/aromatic N) is 1. The van der Waals surface area contributed by atoms with E-state index in [1.807, 2.05) is 48.7 Å². The zero-order valence-corrected chi connectivity index (χ0v) is 16.3. The average molecular weight is 396 g/mol. The molecule has 1 N–H and O–H groups in total. The minimum absolute atomic E-state index is 0.00331. The van der Waals surface area contributed by atoms with Crippen LogP contribution in [-0.2, 0) is 13.1 Å². The lowest BCUT2D eigenvalue weighted by Gasteiger charge is -2.16. The molecular formula is C23H22F2N2O2. The molecule has 6 heteroatoms. The van der Waals surface area contributed by atoms with Crippen LogP contribution in [0.3, 0.4) is 0 Å². The van der Waals surface area contributed by atoms with Crippen molar-refractivity contribution in [1.29, 1.82) is 0 Å². The van der Waals surface area contributed by atoms with Crippen LogP contribution in [0.4, 0.5) is 8.78 Å². The van der Waals surface area contributed by atoms with Crippen molar-refractivity contribution in [2.24, 2.45) is 0 Å². The highest BCUT2D eigenvalue weighted by atomic mass is 19.2. The second-order valence-electron chi connectivity index (χ2n) is 7.14. The van der Waals surface area contributed by atoms with Crippen LogP contribution in [-0.4, -0.2) is 16.8 Å².